The average Bonchev–Trinajstić information content (AvgIpc) is 2.74. The molecular weight excluding hydrogens is 400 g/mol. The van der Waals surface area contributed by atoms with Crippen LogP contribution in [0.2, 0.25) is 0 Å². The molecule has 6 nitrogen and oxygen atoms in total. The van der Waals surface area contributed by atoms with Gasteiger partial charge in [-0.2, -0.15) is 4.31 Å². The molecule has 1 fully saturated rings. The van der Waals surface area contributed by atoms with Gasteiger partial charge in [0.15, 0.2) is 0 Å². The summed E-state index contributed by atoms with van der Waals surface area (Å²) >= 11 is 0. The van der Waals surface area contributed by atoms with Crippen molar-refractivity contribution in [3.05, 3.63) is 59.2 Å². The third-order valence-electron chi connectivity index (χ3n) is 5.30. The molecule has 1 heterocycles. The number of carbonyl (C=O) groups is 1. The van der Waals surface area contributed by atoms with Crippen molar-refractivity contribution in [3.8, 4) is 5.75 Å². The molecule has 3 rings (SSSR count). The first-order chi connectivity index (χ1) is 14.3. The Hall–Kier alpha value is -2.38. The van der Waals surface area contributed by atoms with E-state index >= 15 is 0 Å². The molecule has 1 aliphatic heterocycles. The molecule has 0 radical (unpaired) electrons. The van der Waals surface area contributed by atoms with Gasteiger partial charge in [0.2, 0.25) is 10.0 Å². The van der Waals surface area contributed by atoms with Gasteiger partial charge in [-0.15, -0.1) is 0 Å². The summed E-state index contributed by atoms with van der Waals surface area (Å²) in [5, 5.41) is 2.90. The molecule has 162 valence electrons. The van der Waals surface area contributed by atoms with E-state index in [0.29, 0.717) is 25.3 Å². The Morgan fingerprint density at radius 2 is 1.73 bits per heavy atom. The van der Waals surface area contributed by atoms with E-state index in [4.69, 9.17) is 4.74 Å². The second-order valence-electron chi connectivity index (χ2n) is 7.94. The van der Waals surface area contributed by atoms with Gasteiger partial charge in [0.05, 0.1) is 10.9 Å². The highest BCUT2D eigenvalue weighted by Crippen LogP contribution is 2.23. The van der Waals surface area contributed by atoms with Gasteiger partial charge in [0, 0.05) is 18.7 Å². The maximum Gasteiger partial charge on any atom is 0.251 e. The Bertz CT molecular complexity index is 981. The maximum atomic E-state index is 13.0. The van der Waals surface area contributed by atoms with E-state index in [9.17, 15) is 13.2 Å². The van der Waals surface area contributed by atoms with Crippen LogP contribution in [-0.4, -0.2) is 44.4 Å². The topological polar surface area (TPSA) is 75.7 Å². The Balaban J connectivity index is 1.67. The number of nitrogens with zero attached hydrogens (tertiary/aromatic N) is 1. The SMILES string of the molecule is Cc1ccc(OCC(C)NC(=O)c2cc(S(=O)(=O)N3CCCCC3)ccc2C)cc1. The van der Waals surface area contributed by atoms with Crippen LogP contribution in [-0.2, 0) is 10.0 Å². The van der Waals surface area contributed by atoms with Gasteiger partial charge in [0.25, 0.3) is 5.91 Å². The van der Waals surface area contributed by atoms with Crippen LogP contribution in [0.3, 0.4) is 0 Å². The molecule has 1 atom stereocenters. The predicted molar refractivity (Wildman–Crippen MR) is 117 cm³/mol. The molecule has 1 saturated heterocycles. The van der Waals surface area contributed by atoms with Crippen molar-refractivity contribution in [2.45, 2.75) is 51.0 Å². The molecular formula is C23H30N2O4S. The maximum absolute atomic E-state index is 13.0. The summed E-state index contributed by atoms with van der Waals surface area (Å²) < 4.78 is 33.2. The number of piperidine rings is 1. The summed E-state index contributed by atoms with van der Waals surface area (Å²) in [7, 11) is -3.58. The van der Waals surface area contributed by atoms with Crippen LogP contribution >= 0.6 is 0 Å². The van der Waals surface area contributed by atoms with Crippen molar-refractivity contribution in [1.82, 2.24) is 9.62 Å². The lowest BCUT2D eigenvalue weighted by Crippen LogP contribution is -2.38. The summed E-state index contributed by atoms with van der Waals surface area (Å²) in [4.78, 5) is 13.0. The second kappa shape index (κ2) is 9.62. The molecule has 0 saturated carbocycles. The minimum atomic E-state index is -3.58. The first-order valence-electron chi connectivity index (χ1n) is 10.4. The van der Waals surface area contributed by atoms with Crippen molar-refractivity contribution in [1.29, 1.82) is 0 Å². The highest BCUT2D eigenvalue weighted by Gasteiger charge is 2.27. The fourth-order valence-corrected chi connectivity index (χ4v) is 5.00. The van der Waals surface area contributed by atoms with Gasteiger partial charge in [-0.05, 0) is 63.4 Å². The van der Waals surface area contributed by atoms with E-state index in [0.717, 1.165) is 36.1 Å². The molecule has 2 aromatic rings. The third kappa shape index (κ3) is 5.40. The van der Waals surface area contributed by atoms with Crippen LogP contribution in [0.4, 0.5) is 0 Å². The number of ether oxygens (including phenoxy) is 1. The van der Waals surface area contributed by atoms with Crippen molar-refractivity contribution in [2.75, 3.05) is 19.7 Å². The monoisotopic (exact) mass is 430 g/mol. The van der Waals surface area contributed by atoms with E-state index in [-0.39, 0.29) is 16.8 Å². The summed E-state index contributed by atoms with van der Waals surface area (Å²) in [5.74, 6) is 0.440. The molecule has 1 unspecified atom stereocenters. The van der Waals surface area contributed by atoms with Crippen molar-refractivity contribution in [2.24, 2.45) is 0 Å². The molecule has 2 aromatic carbocycles. The average molecular weight is 431 g/mol. The molecule has 30 heavy (non-hydrogen) atoms. The number of benzene rings is 2. The second-order valence-corrected chi connectivity index (χ2v) is 9.88. The number of hydrogen-bond acceptors (Lipinski definition) is 4. The number of sulfonamides is 1. The number of nitrogens with one attached hydrogen (secondary N) is 1. The van der Waals surface area contributed by atoms with E-state index in [1.54, 1.807) is 19.1 Å². The molecule has 0 aromatic heterocycles. The van der Waals surface area contributed by atoms with E-state index in [1.165, 1.54) is 10.4 Å². The van der Waals surface area contributed by atoms with Crippen molar-refractivity contribution < 1.29 is 17.9 Å². The lowest BCUT2D eigenvalue weighted by atomic mass is 10.1. The Morgan fingerprint density at radius 3 is 2.40 bits per heavy atom. The fourth-order valence-electron chi connectivity index (χ4n) is 3.46. The largest absolute Gasteiger partial charge is 0.491 e. The van der Waals surface area contributed by atoms with Gasteiger partial charge in [0.1, 0.15) is 12.4 Å². The Labute approximate surface area is 179 Å². The normalized spacial score (nSPS) is 16.1. The number of amides is 1. The zero-order valence-corrected chi connectivity index (χ0v) is 18.7. The van der Waals surface area contributed by atoms with Gasteiger partial charge in [-0.1, -0.05) is 30.2 Å². The first-order valence-corrected chi connectivity index (χ1v) is 11.8. The van der Waals surface area contributed by atoms with Gasteiger partial charge < -0.3 is 10.1 Å². The third-order valence-corrected chi connectivity index (χ3v) is 7.20. The van der Waals surface area contributed by atoms with Crippen LogP contribution in [0.15, 0.2) is 47.4 Å². The molecule has 0 bridgehead atoms. The summed E-state index contributed by atoms with van der Waals surface area (Å²) in [5.41, 5.74) is 2.26. The van der Waals surface area contributed by atoms with Crippen molar-refractivity contribution in [3.63, 3.8) is 0 Å². The quantitative estimate of drug-likeness (QED) is 0.727. The van der Waals surface area contributed by atoms with Crippen molar-refractivity contribution >= 4 is 15.9 Å². The first kappa shape index (κ1) is 22.3. The number of aryl methyl sites for hydroxylation is 2. The Kier molecular flexibility index (Phi) is 7.15. The van der Waals surface area contributed by atoms with Crippen LogP contribution in [0.5, 0.6) is 5.75 Å². The molecule has 1 aliphatic rings. The highest BCUT2D eigenvalue weighted by atomic mass is 32.2. The van der Waals surface area contributed by atoms with Crippen LogP contribution in [0.25, 0.3) is 0 Å². The molecule has 7 heteroatoms. The number of hydrogen-bond donors (Lipinski definition) is 1. The van der Waals surface area contributed by atoms with Gasteiger partial charge in [-0.25, -0.2) is 8.42 Å². The van der Waals surface area contributed by atoms with Gasteiger partial charge >= 0.3 is 0 Å². The van der Waals surface area contributed by atoms with Crippen LogP contribution < -0.4 is 10.1 Å². The molecule has 1 amide bonds. The van der Waals surface area contributed by atoms with Crippen LogP contribution in [0.1, 0.15) is 47.7 Å². The lowest BCUT2D eigenvalue weighted by molar-refractivity contribution is 0.0926. The van der Waals surface area contributed by atoms with E-state index < -0.39 is 10.0 Å². The fraction of sp³-hybridized carbons (Fsp3) is 0.435. The minimum Gasteiger partial charge on any atom is -0.491 e. The van der Waals surface area contributed by atoms with E-state index in [1.807, 2.05) is 38.1 Å². The van der Waals surface area contributed by atoms with Gasteiger partial charge in [-0.3, -0.25) is 4.79 Å². The summed E-state index contributed by atoms with van der Waals surface area (Å²) in [6, 6.07) is 12.3. The zero-order valence-electron chi connectivity index (χ0n) is 17.8. The zero-order chi connectivity index (χ0) is 21.7. The standard InChI is InChI=1S/C23H30N2O4S/c1-17-7-10-20(11-8-17)29-16-19(3)24-23(26)22-15-21(12-9-18(22)2)30(27,28)25-13-5-4-6-14-25/h7-12,15,19H,4-6,13-14,16H2,1-3H3,(H,24,26). The Morgan fingerprint density at radius 1 is 1.07 bits per heavy atom. The number of carbonyl (C=O) groups excluding carboxylic acids is 1. The molecule has 0 aliphatic carbocycles. The summed E-state index contributed by atoms with van der Waals surface area (Å²) in [6.07, 6.45) is 2.80. The van der Waals surface area contributed by atoms with Crippen LogP contribution in [0, 0.1) is 13.8 Å². The summed E-state index contributed by atoms with van der Waals surface area (Å²) in [6.45, 7) is 7.06. The highest BCUT2D eigenvalue weighted by molar-refractivity contribution is 7.89. The lowest BCUT2D eigenvalue weighted by Gasteiger charge is -2.26. The smallest absolute Gasteiger partial charge is 0.251 e. The minimum absolute atomic E-state index is 0.170. The number of rotatable bonds is 7. The van der Waals surface area contributed by atoms with E-state index in [2.05, 4.69) is 5.32 Å². The molecule has 1 N–H and O–H groups in total. The molecule has 0 spiro atoms. The predicted octanol–water partition coefficient (Wildman–Crippen LogP) is 3.68.